The number of hydrogen-bond acceptors (Lipinski definition) is 2. The summed E-state index contributed by atoms with van der Waals surface area (Å²) >= 11 is 7.85. The molecule has 3 heteroatoms. The second-order valence-electron chi connectivity index (χ2n) is 4.52. The van der Waals surface area contributed by atoms with E-state index in [1.54, 1.807) is 0 Å². The summed E-state index contributed by atoms with van der Waals surface area (Å²) in [7, 11) is 2.13. The zero-order chi connectivity index (χ0) is 11.5. The molecule has 0 spiro atoms. The fourth-order valence-corrected chi connectivity index (χ4v) is 2.46. The van der Waals surface area contributed by atoms with Crippen molar-refractivity contribution in [2.45, 2.75) is 39.3 Å². The predicted octanol–water partition coefficient (Wildman–Crippen LogP) is 3.76. The van der Waals surface area contributed by atoms with Gasteiger partial charge < -0.3 is 0 Å². The summed E-state index contributed by atoms with van der Waals surface area (Å²) in [6.07, 6.45) is 1.13. The fraction of sp³-hybridized carbons (Fsp3) is 0.667. The van der Waals surface area contributed by atoms with Gasteiger partial charge in [0.05, 0.1) is 0 Å². The first-order valence-corrected chi connectivity index (χ1v) is 6.69. The van der Waals surface area contributed by atoms with Crippen LogP contribution in [0.3, 0.4) is 0 Å². The molecule has 0 fully saturated rings. The fourth-order valence-electron chi connectivity index (χ4n) is 1.25. The summed E-state index contributed by atoms with van der Waals surface area (Å²) in [5, 5.41) is 0. The summed E-state index contributed by atoms with van der Waals surface area (Å²) in [5.41, 5.74) is 0.0674. The number of aryl methyl sites for hydroxylation is 1. The van der Waals surface area contributed by atoms with Gasteiger partial charge >= 0.3 is 0 Å². The summed E-state index contributed by atoms with van der Waals surface area (Å²) in [6.45, 7) is 7.54. The van der Waals surface area contributed by atoms with E-state index in [2.05, 4.69) is 44.9 Å². The van der Waals surface area contributed by atoms with Crippen LogP contribution in [0.25, 0.3) is 0 Å². The molecule has 1 aromatic rings. The molecule has 0 amide bonds. The van der Waals surface area contributed by atoms with Crippen molar-refractivity contribution in [2.24, 2.45) is 0 Å². The molecule has 1 aromatic heterocycles. The van der Waals surface area contributed by atoms with E-state index in [0.29, 0.717) is 5.88 Å². The largest absolute Gasteiger partial charge is 0.295 e. The first-order valence-electron chi connectivity index (χ1n) is 5.34. The molecular weight excluding hydrogens is 226 g/mol. The molecule has 15 heavy (non-hydrogen) atoms. The van der Waals surface area contributed by atoms with Crippen molar-refractivity contribution in [3.8, 4) is 0 Å². The van der Waals surface area contributed by atoms with E-state index < -0.39 is 0 Å². The topological polar surface area (TPSA) is 3.24 Å². The van der Waals surface area contributed by atoms with Gasteiger partial charge in [0.2, 0.25) is 0 Å². The molecule has 0 bridgehead atoms. The standard InChI is InChI=1S/C12H20ClNS/c1-5-10-6-7-11(15-10)8-14(4)12(2,3)9-13/h6-7H,5,8-9H2,1-4H3. The van der Waals surface area contributed by atoms with Crippen LogP contribution in [0, 0.1) is 0 Å². The average Bonchev–Trinajstić information content (AvgIpc) is 2.65. The summed E-state index contributed by atoms with van der Waals surface area (Å²) in [5.74, 6) is 0.662. The second kappa shape index (κ2) is 5.33. The molecule has 86 valence electrons. The summed E-state index contributed by atoms with van der Waals surface area (Å²) in [6, 6.07) is 4.45. The van der Waals surface area contributed by atoms with Gasteiger partial charge in [-0.3, -0.25) is 4.90 Å². The number of alkyl halides is 1. The highest BCUT2D eigenvalue weighted by Crippen LogP contribution is 2.22. The minimum absolute atomic E-state index is 0.0674. The van der Waals surface area contributed by atoms with E-state index in [1.807, 2.05) is 11.3 Å². The van der Waals surface area contributed by atoms with E-state index in [1.165, 1.54) is 9.75 Å². The van der Waals surface area contributed by atoms with E-state index in [4.69, 9.17) is 11.6 Å². The Hall–Kier alpha value is -0.0500. The second-order valence-corrected chi connectivity index (χ2v) is 6.04. The van der Waals surface area contributed by atoms with Crippen LogP contribution in [0.1, 0.15) is 30.5 Å². The Balaban J connectivity index is 2.61. The Morgan fingerprint density at radius 3 is 2.40 bits per heavy atom. The van der Waals surface area contributed by atoms with Gasteiger partial charge in [-0.25, -0.2) is 0 Å². The van der Waals surface area contributed by atoms with Gasteiger partial charge in [-0.1, -0.05) is 6.92 Å². The van der Waals surface area contributed by atoms with Crippen molar-refractivity contribution < 1.29 is 0 Å². The molecule has 0 aliphatic heterocycles. The van der Waals surface area contributed by atoms with Gasteiger partial charge in [-0.05, 0) is 39.4 Å². The molecule has 0 saturated carbocycles. The van der Waals surface area contributed by atoms with E-state index in [-0.39, 0.29) is 5.54 Å². The van der Waals surface area contributed by atoms with Gasteiger partial charge in [-0.15, -0.1) is 22.9 Å². The molecule has 0 atom stereocenters. The molecule has 0 aliphatic rings. The molecular formula is C12H20ClNS. The Morgan fingerprint density at radius 1 is 1.33 bits per heavy atom. The Bertz CT molecular complexity index is 306. The molecule has 0 N–H and O–H groups in total. The maximum atomic E-state index is 5.95. The Labute approximate surface area is 102 Å². The van der Waals surface area contributed by atoms with Gasteiger partial charge in [0, 0.05) is 27.7 Å². The van der Waals surface area contributed by atoms with Gasteiger partial charge in [0.15, 0.2) is 0 Å². The lowest BCUT2D eigenvalue weighted by Gasteiger charge is -2.33. The van der Waals surface area contributed by atoms with Crippen molar-refractivity contribution in [3.05, 3.63) is 21.9 Å². The monoisotopic (exact) mass is 245 g/mol. The molecule has 1 nitrogen and oxygen atoms in total. The number of rotatable bonds is 5. The molecule has 0 radical (unpaired) electrons. The zero-order valence-corrected chi connectivity index (χ0v) is 11.6. The van der Waals surface area contributed by atoms with E-state index >= 15 is 0 Å². The average molecular weight is 246 g/mol. The van der Waals surface area contributed by atoms with Gasteiger partial charge in [-0.2, -0.15) is 0 Å². The molecule has 0 unspecified atom stereocenters. The van der Waals surface area contributed by atoms with Crippen molar-refractivity contribution in [1.82, 2.24) is 4.90 Å². The first kappa shape index (κ1) is 13.0. The third-order valence-electron chi connectivity index (χ3n) is 2.82. The number of nitrogens with zero attached hydrogens (tertiary/aromatic N) is 1. The smallest absolute Gasteiger partial charge is 0.0402 e. The molecule has 1 heterocycles. The van der Waals surface area contributed by atoms with Gasteiger partial charge in [0.25, 0.3) is 0 Å². The van der Waals surface area contributed by atoms with Crippen LogP contribution in [0.15, 0.2) is 12.1 Å². The third-order valence-corrected chi connectivity index (χ3v) is 4.69. The highest BCUT2D eigenvalue weighted by molar-refractivity contribution is 7.11. The van der Waals surface area contributed by atoms with Crippen molar-refractivity contribution >= 4 is 22.9 Å². The van der Waals surface area contributed by atoms with E-state index in [0.717, 1.165) is 13.0 Å². The first-order chi connectivity index (χ1) is 6.99. The molecule has 1 rings (SSSR count). The van der Waals surface area contributed by atoms with Crippen LogP contribution >= 0.6 is 22.9 Å². The lowest BCUT2D eigenvalue weighted by Crippen LogP contribution is -2.41. The highest BCUT2D eigenvalue weighted by atomic mass is 35.5. The Morgan fingerprint density at radius 2 is 1.93 bits per heavy atom. The van der Waals surface area contributed by atoms with Gasteiger partial charge in [0.1, 0.15) is 0 Å². The minimum Gasteiger partial charge on any atom is -0.295 e. The zero-order valence-electron chi connectivity index (χ0n) is 10.0. The maximum Gasteiger partial charge on any atom is 0.0402 e. The molecule has 0 aromatic carbocycles. The van der Waals surface area contributed by atoms with E-state index in [9.17, 15) is 0 Å². The highest BCUT2D eigenvalue weighted by Gasteiger charge is 2.22. The van der Waals surface area contributed by atoms with Crippen LogP contribution in [0.2, 0.25) is 0 Å². The number of hydrogen-bond donors (Lipinski definition) is 0. The number of thiophene rings is 1. The lowest BCUT2D eigenvalue weighted by molar-refractivity contribution is 0.172. The normalized spacial score (nSPS) is 12.4. The lowest BCUT2D eigenvalue weighted by atomic mass is 10.1. The summed E-state index contributed by atoms with van der Waals surface area (Å²) < 4.78 is 0. The van der Waals surface area contributed by atoms with Crippen LogP contribution < -0.4 is 0 Å². The third kappa shape index (κ3) is 3.47. The van der Waals surface area contributed by atoms with Crippen LogP contribution in [-0.2, 0) is 13.0 Å². The quantitative estimate of drug-likeness (QED) is 0.714. The molecule has 0 aliphatic carbocycles. The Kier molecular flexibility index (Phi) is 4.63. The SMILES string of the molecule is CCc1ccc(CN(C)C(C)(C)CCl)s1. The number of halogens is 1. The van der Waals surface area contributed by atoms with Crippen LogP contribution in [0.4, 0.5) is 0 Å². The van der Waals surface area contributed by atoms with Crippen molar-refractivity contribution in [1.29, 1.82) is 0 Å². The predicted molar refractivity (Wildman–Crippen MR) is 70.0 cm³/mol. The maximum absolute atomic E-state index is 5.95. The van der Waals surface area contributed by atoms with Crippen molar-refractivity contribution in [2.75, 3.05) is 12.9 Å². The summed E-state index contributed by atoms with van der Waals surface area (Å²) in [4.78, 5) is 5.19. The van der Waals surface area contributed by atoms with Crippen molar-refractivity contribution in [3.63, 3.8) is 0 Å². The van der Waals surface area contributed by atoms with Crippen LogP contribution in [0.5, 0.6) is 0 Å². The minimum atomic E-state index is 0.0674. The molecule has 0 saturated heterocycles. The van der Waals surface area contributed by atoms with Crippen LogP contribution in [-0.4, -0.2) is 23.4 Å².